The van der Waals surface area contributed by atoms with Crippen LogP contribution < -0.4 is 10.6 Å². The molecule has 1 aromatic carbocycles. The molecule has 1 amide bonds. The molecule has 2 rings (SSSR count). The monoisotopic (exact) mass is 368 g/mol. The Kier molecular flexibility index (Phi) is 7.77. The highest BCUT2D eigenvalue weighted by molar-refractivity contribution is 5.84. The molecule has 2 N–H and O–H groups in total. The third-order valence-electron chi connectivity index (χ3n) is 4.15. The second kappa shape index (κ2) is 10.1. The number of carbonyl (C=O) groups is 1. The number of hydrogen-bond donors (Lipinski definition) is 2. The summed E-state index contributed by atoms with van der Waals surface area (Å²) in [6.45, 7) is 2.51. The van der Waals surface area contributed by atoms with Crippen molar-refractivity contribution in [3.63, 3.8) is 0 Å². The van der Waals surface area contributed by atoms with E-state index in [2.05, 4.69) is 15.6 Å². The summed E-state index contributed by atoms with van der Waals surface area (Å²) in [4.78, 5) is 17.5. The number of guanidine groups is 1. The van der Waals surface area contributed by atoms with E-state index in [0.717, 1.165) is 25.2 Å². The topological polar surface area (TPSA) is 66.0 Å². The Balaban J connectivity index is 1.90. The molecule has 6 nitrogen and oxygen atoms in total. The van der Waals surface area contributed by atoms with Crippen LogP contribution in [0.15, 0.2) is 23.2 Å². The fraction of sp³-hybridized carbons (Fsp3) is 0.556. The quantitative estimate of drug-likeness (QED) is 0.560. The molecular weight excluding hydrogens is 342 g/mol. The first kappa shape index (κ1) is 20.1. The van der Waals surface area contributed by atoms with Gasteiger partial charge >= 0.3 is 0 Å². The van der Waals surface area contributed by atoms with Gasteiger partial charge in [0.25, 0.3) is 0 Å². The van der Waals surface area contributed by atoms with E-state index in [4.69, 9.17) is 4.74 Å². The van der Waals surface area contributed by atoms with Gasteiger partial charge in [0.2, 0.25) is 5.91 Å². The smallest absolute Gasteiger partial charge is 0.243 e. The summed E-state index contributed by atoms with van der Waals surface area (Å²) in [7, 11) is 3.34. The zero-order chi connectivity index (χ0) is 18.9. The van der Waals surface area contributed by atoms with Crippen molar-refractivity contribution in [1.82, 2.24) is 15.5 Å². The minimum atomic E-state index is -0.466. The first-order valence-electron chi connectivity index (χ1n) is 8.69. The minimum absolute atomic E-state index is 0.0117. The number of ether oxygens (including phenoxy) is 1. The van der Waals surface area contributed by atoms with Crippen LogP contribution >= 0.6 is 0 Å². The molecule has 1 heterocycles. The van der Waals surface area contributed by atoms with Crippen molar-refractivity contribution in [3.8, 4) is 0 Å². The molecular formula is C18H26F2N4O2. The van der Waals surface area contributed by atoms with Gasteiger partial charge in [-0.05, 0) is 36.6 Å². The Morgan fingerprint density at radius 3 is 2.85 bits per heavy atom. The van der Waals surface area contributed by atoms with Crippen LogP contribution in [0.5, 0.6) is 0 Å². The molecule has 0 radical (unpaired) electrons. The molecule has 1 aromatic rings. The lowest BCUT2D eigenvalue weighted by Crippen LogP contribution is -2.41. The van der Waals surface area contributed by atoms with Crippen LogP contribution in [-0.2, 0) is 16.0 Å². The molecule has 1 unspecified atom stereocenters. The summed E-state index contributed by atoms with van der Waals surface area (Å²) in [5.74, 6) is -0.153. The number of rotatable bonds is 7. The Hall–Kier alpha value is -2.22. The van der Waals surface area contributed by atoms with Crippen molar-refractivity contribution in [2.24, 2.45) is 10.9 Å². The summed E-state index contributed by atoms with van der Waals surface area (Å²) in [5.41, 5.74) is 0.297. The molecule has 1 atom stereocenters. The van der Waals surface area contributed by atoms with Gasteiger partial charge < -0.3 is 20.3 Å². The van der Waals surface area contributed by atoms with E-state index in [1.165, 1.54) is 11.0 Å². The van der Waals surface area contributed by atoms with Gasteiger partial charge in [-0.2, -0.15) is 0 Å². The average molecular weight is 368 g/mol. The van der Waals surface area contributed by atoms with Gasteiger partial charge in [-0.3, -0.25) is 4.79 Å². The molecule has 1 saturated heterocycles. The highest BCUT2D eigenvalue weighted by atomic mass is 19.1. The number of likely N-dealkylation sites (N-methyl/N-ethyl adjacent to an activating group) is 1. The van der Waals surface area contributed by atoms with Gasteiger partial charge in [-0.25, -0.2) is 13.8 Å². The first-order valence-corrected chi connectivity index (χ1v) is 8.69. The van der Waals surface area contributed by atoms with E-state index < -0.39 is 11.6 Å². The lowest BCUT2D eigenvalue weighted by atomic mass is 10.1. The van der Waals surface area contributed by atoms with Crippen molar-refractivity contribution < 1.29 is 18.3 Å². The molecule has 1 aliphatic heterocycles. The van der Waals surface area contributed by atoms with E-state index in [1.807, 2.05) is 0 Å². The van der Waals surface area contributed by atoms with E-state index >= 15 is 0 Å². The Bertz CT molecular complexity index is 632. The molecule has 1 aliphatic rings. The number of amides is 1. The van der Waals surface area contributed by atoms with Crippen LogP contribution in [0.4, 0.5) is 8.78 Å². The second-order valence-corrected chi connectivity index (χ2v) is 6.48. The van der Waals surface area contributed by atoms with Gasteiger partial charge in [-0.15, -0.1) is 0 Å². The summed E-state index contributed by atoms with van der Waals surface area (Å²) in [6, 6.07) is 3.40. The van der Waals surface area contributed by atoms with E-state index in [1.54, 1.807) is 14.1 Å². The fourth-order valence-corrected chi connectivity index (χ4v) is 2.50. The Morgan fingerprint density at radius 1 is 1.35 bits per heavy atom. The minimum Gasteiger partial charge on any atom is -0.381 e. The lowest BCUT2D eigenvalue weighted by Gasteiger charge is -2.16. The van der Waals surface area contributed by atoms with E-state index in [-0.39, 0.29) is 12.5 Å². The molecule has 8 heteroatoms. The van der Waals surface area contributed by atoms with Gasteiger partial charge in [0.05, 0.1) is 6.61 Å². The molecule has 0 bridgehead atoms. The van der Waals surface area contributed by atoms with Crippen LogP contribution in [0.2, 0.25) is 0 Å². The van der Waals surface area contributed by atoms with Gasteiger partial charge in [-0.1, -0.05) is 0 Å². The summed E-state index contributed by atoms with van der Waals surface area (Å²) in [5, 5.41) is 6.26. The number of carbonyl (C=O) groups excluding carboxylic acids is 1. The fourth-order valence-electron chi connectivity index (χ4n) is 2.50. The van der Waals surface area contributed by atoms with Crippen molar-refractivity contribution in [1.29, 1.82) is 0 Å². The summed E-state index contributed by atoms with van der Waals surface area (Å²) in [6.07, 6.45) is 1.28. The third kappa shape index (κ3) is 6.59. The van der Waals surface area contributed by atoms with Gasteiger partial charge in [0.15, 0.2) is 5.96 Å². The predicted octanol–water partition coefficient (Wildman–Crippen LogP) is 1.17. The standard InChI is InChI=1S/C18H26F2N4O2/c1-24(2)17(25)11-23-18(22-10-13-6-8-26-12-13)21-7-5-14-9-15(19)3-4-16(14)20/h3-4,9,13H,5-8,10-12H2,1-2H3,(H2,21,22,23). The lowest BCUT2D eigenvalue weighted by molar-refractivity contribution is -0.127. The molecule has 0 aromatic heterocycles. The highest BCUT2D eigenvalue weighted by Gasteiger charge is 2.16. The predicted molar refractivity (Wildman–Crippen MR) is 96.0 cm³/mol. The van der Waals surface area contributed by atoms with Gasteiger partial charge in [0, 0.05) is 39.7 Å². The maximum Gasteiger partial charge on any atom is 0.243 e. The summed E-state index contributed by atoms with van der Waals surface area (Å²) < 4.78 is 32.3. The number of hydrogen-bond acceptors (Lipinski definition) is 3. The zero-order valence-electron chi connectivity index (χ0n) is 15.2. The van der Waals surface area contributed by atoms with Crippen molar-refractivity contribution in [2.75, 3.05) is 46.9 Å². The molecule has 0 saturated carbocycles. The van der Waals surface area contributed by atoms with Crippen LogP contribution in [0.25, 0.3) is 0 Å². The number of nitrogens with zero attached hydrogens (tertiary/aromatic N) is 2. The SMILES string of the molecule is CN(C)C(=O)CN=C(NCCc1cc(F)ccc1F)NCC1CCOC1. The zero-order valence-corrected chi connectivity index (χ0v) is 15.2. The Morgan fingerprint density at radius 2 is 2.15 bits per heavy atom. The molecule has 1 fully saturated rings. The van der Waals surface area contributed by atoms with Crippen LogP contribution in [0.3, 0.4) is 0 Å². The second-order valence-electron chi connectivity index (χ2n) is 6.48. The van der Waals surface area contributed by atoms with Crippen molar-refractivity contribution >= 4 is 11.9 Å². The van der Waals surface area contributed by atoms with Crippen LogP contribution in [0.1, 0.15) is 12.0 Å². The molecule has 26 heavy (non-hydrogen) atoms. The Labute approximate surface area is 152 Å². The van der Waals surface area contributed by atoms with Crippen molar-refractivity contribution in [2.45, 2.75) is 12.8 Å². The maximum atomic E-state index is 13.7. The first-order chi connectivity index (χ1) is 12.5. The normalized spacial score (nSPS) is 17.2. The third-order valence-corrected chi connectivity index (χ3v) is 4.15. The highest BCUT2D eigenvalue weighted by Crippen LogP contribution is 2.11. The van der Waals surface area contributed by atoms with E-state index in [9.17, 15) is 13.6 Å². The van der Waals surface area contributed by atoms with E-state index in [0.29, 0.717) is 43.6 Å². The average Bonchev–Trinajstić information content (AvgIpc) is 3.12. The van der Waals surface area contributed by atoms with Crippen LogP contribution in [-0.4, -0.2) is 63.7 Å². The summed E-state index contributed by atoms with van der Waals surface area (Å²) >= 11 is 0. The van der Waals surface area contributed by atoms with Crippen LogP contribution in [0, 0.1) is 17.6 Å². The van der Waals surface area contributed by atoms with Crippen molar-refractivity contribution in [3.05, 3.63) is 35.4 Å². The number of benzene rings is 1. The number of nitrogens with one attached hydrogen (secondary N) is 2. The number of aliphatic imine (C=N–C) groups is 1. The number of halogens is 2. The maximum absolute atomic E-state index is 13.7. The molecule has 144 valence electrons. The van der Waals surface area contributed by atoms with Gasteiger partial charge in [0.1, 0.15) is 18.2 Å². The molecule has 0 aliphatic carbocycles. The molecule has 0 spiro atoms. The largest absolute Gasteiger partial charge is 0.381 e.